The van der Waals surface area contributed by atoms with Crippen molar-refractivity contribution in [3.05, 3.63) is 24.3 Å². The zero-order valence-electron chi connectivity index (χ0n) is 10.4. The number of carbonyl (C=O) groups is 1. The Labute approximate surface area is 97.2 Å². The van der Waals surface area contributed by atoms with Crippen molar-refractivity contribution < 1.29 is 9.22 Å². The van der Waals surface area contributed by atoms with Gasteiger partial charge in [0.25, 0.3) is 8.32 Å². The van der Waals surface area contributed by atoms with Crippen LogP contribution in [0.2, 0.25) is 18.1 Å². The highest BCUT2D eigenvalue weighted by Gasteiger charge is 2.40. The number of hydrogen-bond donors (Lipinski definition) is 0. The van der Waals surface area contributed by atoms with E-state index >= 15 is 0 Å². The molecule has 1 aromatic rings. The second-order valence-electron chi connectivity index (χ2n) is 5.24. The van der Waals surface area contributed by atoms with E-state index in [0.29, 0.717) is 0 Å². The first-order valence-corrected chi connectivity index (χ1v) is 8.14. The molecule has 0 bridgehead atoms. The highest BCUT2D eigenvalue weighted by molar-refractivity contribution is 6.75. The summed E-state index contributed by atoms with van der Waals surface area (Å²) in [5, 5.41) is 0.00483. The van der Waals surface area contributed by atoms with E-state index in [1.165, 1.54) is 18.6 Å². The van der Waals surface area contributed by atoms with Gasteiger partial charge in [-0.15, -0.1) is 0 Å². The van der Waals surface area contributed by atoms with Crippen LogP contribution in [-0.4, -0.2) is 24.3 Å². The van der Waals surface area contributed by atoms with Crippen molar-refractivity contribution in [3.8, 4) is 0 Å². The van der Waals surface area contributed by atoms with Crippen LogP contribution in [0.5, 0.6) is 0 Å². The molecule has 0 unspecified atom stereocenters. The fourth-order valence-corrected chi connectivity index (χ4v) is 1.72. The minimum absolute atomic E-state index is 0.00483. The van der Waals surface area contributed by atoms with Gasteiger partial charge in [0.2, 0.25) is 0 Å². The third kappa shape index (κ3) is 2.88. The largest absolute Gasteiger partial charge is 0.514 e. The monoisotopic (exact) mass is 238 g/mol. The Morgan fingerprint density at radius 1 is 1.31 bits per heavy atom. The standard InChI is InChI=1S/C11H18N2O2Si/c1-11(2,3)16(4,5)15-10(14)9-8-12-6-7-13-9/h6-8H,1-5H3. The van der Waals surface area contributed by atoms with Gasteiger partial charge in [0.05, 0.1) is 6.20 Å². The molecule has 0 fully saturated rings. The molecule has 1 aromatic heterocycles. The average Bonchev–Trinajstić information content (AvgIpc) is 2.16. The first-order chi connectivity index (χ1) is 7.24. The average molecular weight is 238 g/mol. The summed E-state index contributed by atoms with van der Waals surface area (Å²) in [6, 6.07) is 0. The van der Waals surface area contributed by atoms with Crippen molar-refractivity contribution in [2.45, 2.75) is 38.9 Å². The molecule has 88 valence electrons. The van der Waals surface area contributed by atoms with Crippen LogP contribution in [0.1, 0.15) is 31.3 Å². The third-order valence-corrected chi connectivity index (χ3v) is 7.23. The maximum Gasteiger partial charge on any atom is 0.345 e. The highest BCUT2D eigenvalue weighted by Crippen LogP contribution is 2.36. The molecular formula is C11H18N2O2Si. The molecule has 0 radical (unpaired) electrons. The van der Waals surface area contributed by atoms with E-state index in [1.54, 1.807) is 0 Å². The Balaban J connectivity index is 2.80. The van der Waals surface area contributed by atoms with E-state index < -0.39 is 8.32 Å². The maximum atomic E-state index is 11.8. The molecule has 16 heavy (non-hydrogen) atoms. The Kier molecular flexibility index (Phi) is 3.47. The molecule has 0 atom stereocenters. The Bertz CT molecular complexity index is 371. The summed E-state index contributed by atoms with van der Waals surface area (Å²) in [6.07, 6.45) is 4.45. The SMILES string of the molecule is CC(C)(C)[Si](C)(C)OC(=O)c1cnccn1. The summed E-state index contributed by atoms with van der Waals surface area (Å²) in [5.74, 6) is -0.375. The lowest BCUT2D eigenvalue weighted by molar-refractivity contribution is 0.0706. The lowest BCUT2D eigenvalue weighted by Crippen LogP contribution is -2.42. The number of nitrogens with zero attached hydrogens (tertiary/aromatic N) is 2. The smallest absolute Gasteiger partial charge is 0.345 e. The van der Waals surface area contributed by atoms with Crippen molar-refractivity contribution in [3.63, 3.8) is 0 Å². The molecule has 0 aliphatic heterocycles. The molecule has 0 spiro atoms. The van der Waals surface area contributed by atoms with Gasteiger partial charge in [-0.3, -0.25) is 4.98 Å². The van der Waals surface area contributed by atoms with Gasteiger partial charge in [-0.25, -0.2) is 9.78 Å². The fraction of sp³-hybridized carbons (Fsp3) is 0.545. The molecule has 0 amide bonds. The predicted octanol–water partition coefficient (Wildman–Crippen LogP) is 2.64. The minimum Gasteiger partial charge on any atom is -0.514 e. The highest BCUT2D eigenvalue weighted by atomic mass is 28.4. The van der Waals surface area contributed by atoms with Crippen molar-refractivity contribution in [2.75, 3.05) is 0 Å². The van der Waals surface area contributed by atoms with Crippen molar-refractivity contribution in [1.82, 2.24) is 9.97 Å². The van der Waals surface area contributed by atoms with Gasteiger partial charge in [0.1, 0.15) is 0 Å². The molecule has 0 saturated heterocycles. The van der Waals surface area contributed by atoms with Crippen LogP contribution in [0.4, 0.5) is 0 Å². The molecule has 1 heterocycles. The summed E-state index contributed by atoms with van der Waals surface area (Å²) in [7, 11) is -2.07. The predicted molar refractivity (Wildman–Crippen MR) is 64.6 cm³/mol. The second-order valence-corrected chi connectivity index (χ2v) is 9.97. The lowest BCUT2D eigenvalue weighted by Gasteiger charge is -2.35. The molecule has 0 N–H and O–H groups in total. The first-order valence-electron chi connectivity index (χ1n) is 5.23. The van der Waals surface area contributed by atoms with E-state index in [-0.39, 0.29) is 16.7 Å². The van der Waals surface area contributed by atoms with E-state index in [0.717, 1.165) is 0 Å². The molecule has 0 aliphatic rings. The lowest BCUT2D eigenvalue weighted by atomic mass is 10.2. The summed E-state index contributed by atoms with van der Waals surface area (Å²) in [4.78, 5) is 19.6. The summed E-state index contributed by atoms with van der Waals surface area (Å²) in [5.41, 5.74) is 0.271. The van der Waals surface area contributed by atoms with Crippen molar-refractivity contribution >= 4 is 14.3 Å². The van der Waals surface area contributed by atoms with Crippen LogP contribution < -0.4 is 0 Å². The summed E-state index contributed by atoms with van der Waals surface area (Å²) >= 11 is 0. The van der Waals surface area contributed by atoms with Gasteiger partial charge >= 0.3 is 5.97 Å². The molecule has 0 aromatic carbocycles. The van der Waals surface area contributed by atoms with Crippen LogP contribution in [0, 0.1) is 0 Å². The second kappa shape index (κ2) is 4.33. The van der Waals surface area contributed by atoms with Gasteiger partial charge < -0.3 is 4.43 Å². The quantitative estimate of drug-likeness (QED) is 0.743. The van der Waals surface area contributed by atoms with E-state index in [9.17, 15) is 4.79 Å². The normalized spacial score (nSPS) is 12.3. The van der Waals surface area contributed by atoms with E-state index in [1.807, 2.05) is 13.1 Å². The Morgan fingerprint density at radius 3 is 2.38 bits per heavy atom. The van der Waals surface area contributed by atoms with E-state index in [4.69, 9.17) is 4.43 Å². The molecule has 0 saturated carbocycles. The van der Waals surface area contributed by atoms with Gasteiger partial charge in [0.15, 0.2) is 5.69 Å². The van der Waals surface area contributed by atoms with Crippen LogP contribution in [0.25, 0.3) is 0 Å². The number of carbonyl (C=O) groups excluding carboxylic acids is 1. The van der Waals surface area contributed by atoms with Crippen LogP contribution in [0.15, 0.2) is 18.6 Å². The van der Waals surface area contributed by atoms with Gasteiger partial charge in [-0.1, -0.05) is 20.8 Å². The van der Waals surface area contributed by atoms with Gasteiger partial charge in [-0.05, 0) is 18.1 Å². The van der Waals surface area contributed by atoms with Crippen LogP contribution in [-0.2, 0) is 4.43 Å². The Morgan fingerprint density at radius 2 is 1.94 bits per heavy atom. The molecule has 5 heteroatoms. The maximum absolute atomic E-state index is 11.8. The number of aromatic nitrogens is 2. The summed E-state index contributed by atoms with van der Waals surface area (Å²) < 4.78 is 5.59. The number of hydrogen-bond acceptors (Lipinski definition) is 4. The minimum atomic E-state index is -2.07. The van der Waals surface area contributed by atoms with Crippen molar-refractivity contribution in [2.24, 2.45) is 0 Å². The van der Waals surface area contributed by atoms with Gasteiger partial charge in [0, 0.05) is 12.4 Å². The fourth-order valence-electron chi connectivity index (χ4n) is 0.842. The topological polar surface area (TPSA) is 52.1 Å². The molecule has 0 aliphatic carbocycles. The van der Waals surface area contributed by atoms with Gasteiger partial charge in [-0.2, -0.15) is 0 Å². The molecule has 4 nitrogen and oxygen atoms in total. The molecular weight excluding hydrogens is 220 g/mol. The molecule has 1 rings (SSSR count). The third-order valence-electron chi connectivity index (χ3n) is 2.93. The Hall–Kier alpha value is -1.23. The first kappa shape index (κ1) is 12.8. The zero-order chi connectivity index (χ0) is 12.4. The van der Waals surface area contributed by atoms with Crippen LogP contribution in [0.3, 0.4) is 0 Å². The van der Waals surface area contributed by atoms with E-state index in [2.05, 4.69) is 30.7 Å². The summed E-state index contributed by atoms with van der Waals surface area (Å²) in [6.45, 7) is 10.3. The zero-order valence-corrected chi connectivity index (χ0v) is 11.4. The van der Waals surface area contributed by atoms with Crippen LogP contribution >= 0.6 is 0 Å². The van der Waals surface area contributed by atoms with Crippen molar-refractivity contribution in [1.29, 1.82) is 0 Å². The number of rotatable bonds is 2.